The molecular formula is C26H25F3N4O3S. The van der Waals surface area contributed by atoms with Crippen molar-refractivity contribution in [2.45, 2.75) is 30.4 Å². The van der Waals surface area contributed by atoms with Gasteiger partial charge in [-0.2, -0.15) is 13.2 Å². The Bertz CT molecular complexity index is 1310. The van der Waals surface area contributed by atoms with Gasteiger partial charge in [0.1, 0.15) is 12.4 Å². The summed E-state index contributed by atoms with van der Waals surface area (Å²) in [7, 11) is 0. The molecule has 0 saturated carbocycles. The van der Waals surface area contributed by atoms with Crippen LogP contribution in [0.25, 0.3) is 11.0 Å². The van der Waals surface area contributed by atoms with Gasteiger partial charge in [-0.25, -0.2) is 4.98 Å². The third-order valence-electron chi connectivity index (χ3n) is 5.39. The second kappa shape index (κ2) is 12.1. The maximum absolute atomic E-state index is 12.6. The number of nitrogens with zero attached hydrogens (tertiary/aromatic N) is 2. The molecule has 0 spiro atoms. The third kappa shape index (κ3) is 7.46. The molecule has 0 fully saturated rings. The number of anilines is 1. The minimum absolute atomic E-state index is 0.210. The monoisotopic (exact) mass is 530 g/mol. The molecule has 0 atom stereocenters. The molecule has 0 aliphatic carbocycles. The SMILES string of the molecule is Cc1c(OCCCOCC(=O)Nc2ccc(C(F)(F)F)cc2)ccnc1CSc1nc2ccccc2[nH]1. The number of imidazole rings is 1. The molecule has 1 amide bonds. The Morgan fingerprint density at radius 1 is 1.08 bits per heavy atom. The number of hydrogen-bond acceptors (Lipinski definition) is 6. The van der Waals surface area contributed by atoms with Crippen LogP contribution in [0.5, 0.6) is 5.75 Å². The second-order valence-electron chi connectivity index (χ2n) is 8.11. The number of aromatic nitrogens is 3. The number of alkyl halides is 3. The fourth-order valence-electron chi connectivity index (χ4n) is 3.44. The molecule has 2 N–H and O–H groups in total. The largest absolute Gasteiger partial charge is 0.493 e. The fourth-order valence-corrected chi connectivity index (χ4v) is 4.35. The van der Waals surface area contributed by atoms with Crippen LogP contribution in [-0.4, -0.2) is 40.7 Å². The Hall–Kier alpha value is -3.57. The van der Waals surface area contributed by atoms with Crippen molar-refractivity contribution in [3.8, 4) is 5.75 Å². The molecule has 2 aromatic heterocycles. The van der Waals surface area contributed by atoms with Gasteiger partial charge in [0.25, 0.3) is 0 Å². The Balaban J connectivity index is 1.16. The number of pyridine rings is 1. The van der Waals surface area contributed by atoms with E-state index in [4.69, 9.17) is 9.47 Å². The van der Waals surface area contributed by atoms with E-state index in [1.54, 1.807) is 18.0 Å². The number of thioether (sulfide) groups is 1. The zero-order valence-corrected chi connectivity index (χ0v) is 20.8. The van der Waals surface area contributed by atoms with E-state index in [1.165, 1.54) is 12.1 Å². The quantitative estimate of drug-likeness (QED) is 0.183. The number of carbonyl (C=O) groups is 1. The lowest BCUT2D eigenvalue weighted by molar-refractivity contribution is -0.137. The number of carbonyl (C=O) groups excluding carboxylic acids is 1. The first-order chi connectivity index (χ1) is 17.8. The van der Waals surface area contributed by atoms with Gasteiger partial charge in [-0.05, 0) is 49.4 Å². The molecule has 2 heterocycles. The number of para-hydroxylation sites is 2. The van der Waals surface area contributed by atoms with Gasteiger partial charge in [-0.15, -0.1) is 0 Å². The lowest BCUT2D eigenvalue weighted by atomic mass is 10.2. The van der Waals surface area contributed by atoms with Crippen LogP contribution in [0.3, 0.4) is 0 Å². The second-order valence-corrected chi connectivity index (χ2v) is 9.07. The standard InChI is InChI=1S/C26H25F3N4O3S/c1-17-22(16-37-25-32-20-5-2-3-6-21(20)33-25)30-12-11-23(17)36-14-4-13-35-15-24(34)31-19-9-7-18(8-10-19)26(27,28)29/h2-3,5-12H,4,13-16H2,1H3,(H,31,34)(H,32,33). The molecule has 0 unspecified atom stereocenters. The van der Waals surface area contributed by atoms with Crippen LogP contribution in [0.15, 0.2) is 66.0 Å². The number of fused-ring (bicyclic) bond motifs is 1. The highest BCUT2D eigenvalue weighted by Gasteiger charge is 2.30. The van der Waals surface area contributed by atoms with Crippen LogP contribution < -0.4 is 10.1 Å². The Morgan fingerprint density at radius 2 is 1.86 bits per heavy atom. The van der Waals surface area contributed by atoms with Gasteiger partial charge in [-0.3, -0.25) is 9.78 Å². The molecule has 37 heavy (non-hydrogen) atoms. The van der Waals surface area contributed by atoms with Crippen molar-refractivity contribution in [1.29, 1.82) is 0 Å². The average Bonchev–Trinajstić information content (AvgIpc) is 3.29. The lowest BCUT2D eigenvalue weighted by Crippen LogP contribution is -2.19. The van der Waals surface area contributed by atoms with E-state index < -0.39 is 17.6 Å². The number of benzene rings is 2. The van der Waals surface area contributed by atoms with Gasteiger partial charge in [-0.1, -0.05) is 23.9 Å². The van der Waals surface area contributed by atoms with Crippen molar-refractivity contribution in [2.24, 2.45) is 0 Å². The molecule has 7 nitrogen and oxygen atoms in total. The number of amides is 1. The van der Waals surface area contributed by atoms with Crippen molar-refractivity contribution in [1.82, 2.24) is 15.0 Å². The van der Waals surface area contributed by atoms with Crippen molar-refractivity contribution >= 4 is 34.4 Å². The molecule has 4 rings (SSSR count). The molecule has 0 aliphatic heterocycles. The summed E-state index contributed by atoms with van der Waals surface area (Å²) in [5, 5.41) is 3.33. The number of H-pyrrole nitrogens is 1. The predicted octanol–water partition coefficient (Wildman–Crippen LogP) is 6.00. The zero-order chi connectivity index (χ0) is 26.3. The first-order valence-electron chi connectivity index (χ1n) is 11.5. The smallest absolute Gasteiger partial charge is 0.416 e. The Morgan fingerprint density at radius 3 is 2.62 bits per heavy atom. The maximum atomic E-state index is 12.6. The first-order valence-corrected chi connectivity index (χ1v) is 12.5. The van der Waals surface area contributed by atoms with Crippen molar-refractivity contribution < 1.29 is 27.4 Å². The molecule has 0 radical (unpaired) electrons. The lowest BCUT2D eigenvalue weighted by Gasteiger charge is -2.12. The topological polar surface area (TPSA) is 89.1 Å². The highest BCUT2D eigenvalue weighted by atomic mass is 32.2. The van der Waals surface area contributed by atoms with E-state index in [2.05, 4.69) is 20.3 Å². The molecular weight excluding hydrogens is 505 g/mol. The number of ether oxygens (including phenoxy) is 2. The summed E-state index contributed by atoms with van der Waals surface area (Å²) in [6.07, 6.45) is -2.16. The minimum atomic E-state index is -4.42. The van der Waals surface area contributed by atoms with Crippen molar-refractivity contribution in [2.75, 3.05) is 25.1 Å². The van der Waals surface area contributed by atoms with Crippen LogP contribution in [0, 0.1) is 6.92 Å². The summed E-state index contributed by atoms with van der Waals surface area (Å²) in [5.74, 6) is 0.924. The van der Waals surface area contributed by atoms with E-state index in [1.807, 2.05) is 37.3 Å². The van der Waals surface area contributed by atoms with Crippen molar-refractivity contribution in [3.63, 3.8) is 0 Å². The number of aromatic amines is 1. The van der Waals surface area contributed by atoms with Crippen LogP contribution in [-0.2, 0) is 21.5 Å². The summed E-state index contributed by atoms with van der Waals surface area (Å²) in [6.45, 7) is 2.43. The van der Waals surface area contributed by atoms with Gasteiger partial charge >= 0.3 is 6.18 Å². The Kier molecular flexibility index (Phi) is 8.67. The molecule has 4 aromatic rings. The molecule has 2 aromatic carbocycles. The van der Waals surface area contributed by atoms with Crippen LogP contribution in [0.1, 0.15) is 23.2 Å². The van der Waals surface area contributed by atoms with Gasteiger partial charge in [0.05, 0.1) is 35.5 Å². The van der Waals surface area contributed by atoms with E-state index in [-0.39, 0.29) is 12.3 Å². The van der Waals surface area contributed by atoms with Gasteiger partial charge in [0, 0.05) is 29.6 Å². The van der Waals surface area contributed by atoms with Crippen LogP contribution in [0.2, 0.25) is 0 Å². The number of halogens is 3. The zero-order valence-electron chi connectivity index (χ0n) is 20.0. The summed E-state index contributed by atoms with van der Waals surface area (Å²) < 4.78 is 49.0. The summed E-state index contributed by atoms with van der Waals surface area (Å²) in [5.41, 5.74) is 3.26. The number of hydrogen-bond donors (Lipinski definition) is 2. The molecule has 0 aliphatic rings. The van der Waals surface area contributed by atoms with Crippen LogP contribution in [0.4, 0.5) is 18.9 Å². The fraction of sp³-hybridized carbons (Fsp3) is 0.269. The summed E-state index contributed by atoms with van der Waals surface area (Å²) in [4.78, 5) is 24.3. The van der Waals surface area contributed by atoms with Crippen molar-refractivity contribution in [3.05, 3.63) is 77.6 Å². The first kappa shape index (κ1) is 26.5. The molecule has 0 bridgehead atoms. The highest BCUT2D eigenvalue weighted by Crippen LogP contribution is 2.30. The number of rotatable bonds is 11. The molecule has 11 heteroatoms. The van der Waals surface area contributed by atoms with Gasteiger partial charge < -0.3 is 19.8 Å². The van der Waals surface area contributed by atoms with Gasteiger partial charge in [0.15, 0.2) is 5.16 Å². The highest BCUT2D eigenvalue weighted by molar-refractivity contribution is 7.98. The maximum Gasteiger partial charge on any atom is 0.416 e. The van der Waals surface area contributed by atoms with E-state index >= 15 is 0 Å². The summed E-state index contributed by atoms with van der Waals surface area (Å²) >= 11 is 1.57. The number of nitrogens with one attached hydrogen (secondary N) is 2. The van der Waals surface area contributed by atoms with E-state index in [0.29, 0.717) is 25.4 Å². The third-order valence-corrected chi connectivity index (χ3v) is 6.28. The molecule has 0 saturated heterocycles. The normalized spacial score (nSPS) is 11.6. The predicted molar refractivity (Wildman–Crippen MR) is 136 cm³/mol. The minimum Gasteiger partial charge on any atom is -0.493 e. The Labute approximate surface area is 215 Å². The molecule has 194 valence electrons. The van der Waals surface area contributed by atoms with E-state index in [9.17, 15) is 18.0 Å². The average molecular weight is 531 g/mol. The van der Waals surface area contributed by atoms with Crippen LogP contribution >= 0.6 is 11.8 Å². The van der Waals surface area contributed by atoms with Gasteiger partial charge in [0.2, 0.25) is 5.91 Å². The van der Waals surface area contributed by atoms with E-state index in [0.717, 1.165) is 45.3 Å². The summed E-state index contributed by atoms with van der Waals surface area (Å²) in [6, 6.07) is 13.9.